The molecule has 2 aromatic rings. The number of carbonyl (C=O) groups excluding carboxylic acids is 2. The van der Waals surface area contributed by atoms with Crippen LogP contribution in [-0.2, 0) is 11.2 Å². The lowest BCUT2D eigenvalue weighted by Crippen LogP contribution is -2.20. The number of carbonyl (C=O) groups is 2. The Hall–Kier alpha value is -2.28. The number of aromatic nitrogens is 2. The van der Waals surface area contributed by atoms with E-state index >= 15 is 0 Å². The zero-order valence-corrected chi connectivity index (χ0v) is 14.0. The molecule has 6 nitrogen and oxygen atoms in total. The van der Waals surface area contributed by atoms with Crippen molar-refractivity contribution in [2.45, 2.75) is 33.1 Å². The van der Waals surface area contributed by atoms with E-state index in [1.807, 2.05) is 0 Å². The molecule has 0 aliphatic carbocycles. The van der Waals surface area contributed by atoms with Gasteiger partial charge in [-0.2, -0.15) is 0 Å². The number of nitrogens with one attached hydrogen (secondary N) is 1. The molecular weight excluding hydrogens is 314 g/mol. The van der Waals surface area contributed by atoms with Crippen molar-refractivity contribution in [3.8, 4) is 5.75 Å². The average Bonchev–Trinajstić information content (AvgIpc) is 2.98. The summed E-state index contributed by atoms with van der Waals surface area (Å²) in [4.78, 5) is 23.2. The van der Waals surface area contributed by atoms with E-state index in [1.54, 1.807) is 24.3 Å². The van der Waals surface area contributed by atoms with Crippen LogP contribution in [0.5, 0.6) is 5.75 Å². The highest BCUT2D eigenvalue weighted by atomic mass is 32.1. The summed E-state index contributed by atoms with van der Waals surface area (Å²) in [6.07, 6.45) is 3.02. The van der Waals surface area contributed by atoms with Crippen LogP contribution in [0.1, 0.15) is 42.1 Å². The molecule has 0 unspecified atom stereocenters. The van der Waals surface area contributed by atoms with Crippen molar-refractivity contribution in [1.82, 2.24) is 10.2 Å². The lowest BCUT2D eigenvalue weighted by molar-refractivity contribution is -0.118. The fourth-order valence-electron chi connectivity index (χ4n) is 1.84. The third kappa shape index (κ3) is 5.45. The summed E-state index contributed by atoms with van der Waals surface area (Å²) in [7, 11) is 0. The van der Waals surface area contributed by atoms with E-state index in [1.165, 1.54) is 18.3 Å². The summed E-state index contributed by atoms with van der Waals surface area (Å²) in [6.45, 7) is 3.45. The van der Waals surface area contributed by atoms with Crippen molar-refractivity contribution in [2.24, 2.45) is 0 Å². The van der Waals surface area contributed by atoms with Crippen LogP contribution in [0, 0.1) is 0 Å². The number of ketones is 1. The Balaban J connectivity index is 1.84. The lowest BCUT2D eigenvalue weighted by Gasteiger charge is -2.06. The standard InChI is InChI=1S/C16H19N3O3S/c1-3-4-8-15-18-19-16(23-15)17-14(21)10-22-13-7-5-6-12(9-13)11(2)20/h5-7,9H,3-4,8,10H2,1-2H3,(H,17,19,21). The van der Waals surface area contributed by atoms with Gasteiger partial charge in [0.2, 0.25) is 5.13 Å². The molecule has 0 aliphatic heterocycles. The maximum atomic E-state index is 11.9. The smallest absolute Gasteiger partial charge is 0.264 e. The van der Waals surface area contributed by atoms with Gasteiger partial charge in [-0.3, -0.25) is 14.9 Å². The van der Waals surface area contributed by atoms with Gasteiger partial charge in [-0.15, -0.1) is 10.2 Å². The number of nitrogens with zero attached hydrogens (tertiary/aromatic N) is 2. The first-order valence-electron chi connectivity index (χ1n) is 7.44. The number of ether oxygens (including phenoxy) is 1. The highest BCUT2D eigenvalue weighted by Crippen LogP contribution is 2.17. The normalized spacial score (nSPS) is 10.3. The molecule has 23 heavy (non-hydrogen) atoms. The molecule has 1 aromatic heterocycles. The summed E-state index contributed by atoms with van der Waals surface area (Å²) in [5.74, 6) is 0.124. The van der Waals surface area contributed by atoms with E-state index in [0.29, 0.717) is 16.4 Å². The maximum Gasteiger partial charge on any atom is 0.264 e. The zero-order valence-electron chi connectivity index (χ0n) is 13.2. The van der Waals surface area contributed by atoms with Crippen molar-refractivity contribution in [1.29, 1.82) is 0 Å². The summed E-state index contributed by atoms with van der Waals surface area (Å²) >= 11 is 1.37. The van der Waals surface area contributed by atoms with Gasteiger partial charge in [-0.25, -0.2) is 0 Å². The van der Waals surface area contributed by atoms with Gasteiger partial charge in [0.05, 0.1) is 0 Å². The molecule has 2 rings (SSSR count). The average molecular weight is 333 g/mol. The molecule has 0 saturated heterocycles. The van der Waals surface area contributed by atoms with Crippen LogP contribution >= 0.6 is 11.3 Å². The minimum absolute atomic E-state index is 0.0478. The maximum absolute atomic E-state index is 11.9. The molecule has 0 radical (unpaired) electrons. The van der Waals surface area contributed by atoms with E-state index in [9.17, 15) is 9.59 Å². The Morgan fingerprint density at radius 3 is 2.87 bits per heavy atom. The van der Waals surface area contributed by atoms with Gasteiger partial charge in [0.25, 0.3) is 5.91 Å². The Kier molecular flexibility index (Phi) is 6.22. The van der Waals surface area contributed by atoms with Crippen molar-refractivity contribution in [3.05, 3.63) is 34.8 Å². The van der Waals surface area contributed by atoms with Gasteiger partial charge in [0.1, 0.15) is 10.8 Å². The minimum Gasteiger partial charge on any atom is -0.484 e. The highest BCUT2D eigenvalue weighted by molar-refractivity contribution is 7.15. The number of rotatable bonds is 8. The Bertz CT molecular complexity index is 685. The summed E-state index contributed by atoms with van der Waals surface area (Å²) in [5, 5.41) is 12.0. The van der Waals surface area contributed by atoms with Crippen molar-refractivity contribution >= 4 is 28.2 Å². The van der Waals surface area contributed by atoms with Crippen LogP contribution in [0.3, 0.4) is 0 Å². The van der Waals surface area contributed by atoms with Crippen LogP contribution < -0.4 is 10.1 Å². The topological polar surface area (TPSA) is 81.2 Å². The third-order valence-electron chi connectivity index (χ3n) is 3.07. The number of amides is 1. The molecule has 0 aliphatic rings. The first-order valence-corrected chi connectivity index (χ1v) is 8.26. The molecular formula is C16H19N3O3S. The molecule has 1 amide bonds. The van der Waals surface area contributed by atoms with E-state index in [4.69, 9.17) is 4.74 Å². The highest BCUT2D eigenvalue weighted by Gasteiger charge is 2.09. The van der Waals surface area contributed by atoms with Gasteiger partial charge in [-0.1, -0.05) is 36.8 Å². The van der Waals surface area contributed by atoms with Crippen LogP contribution in [-0.4, -0.2) is 28.5 Å². The number of Topliss-reactive ketones (excluding diaryl/α,β-unsaturated/α-hetero) is 1. The largest absolute Gasteiger partial charge is 0.484 e. The SMILES string of the molecule is CCCCc1nnc(NC(=O)COc2cccc(C(C)=O)c2)s1. The molecule has 1 N–H and O–H groups in total. The van der Waals surface area contributed by atoms with Crippen LogP contribution in [0.25, 0.3) is 0 Å². The second-order valence-electron chi connectivity index (χ2n) is 5.03. The van der Waals surface area contributed by atoms with Crippen LogP contribution in [0.4, 0.5) is 5.13 Å². The second-order valence-corrected chi connectivity index (χ2v) is 6.09. The minimum atomic E-state index is -0.309. The monoisotopic (exact) mass is 333 g/mol. The predicted octanol–water partition coefficient (Wildman–Crippen LogP) is 3.10. The second kappa shape index (κ2) is 8.38. The Morgan fingerprint density at radius 1 is 1.30 bits per heavy atom. The molecule has 1 heterocycles. The molecule has 1 aromatic carbocycles. The third-order valence-corrected chi connectivity index (χ3v) is 3.97. The molecule has 7 heteroatoms. The first kappa shape index (κ1) is 17.1. The lowest BCUT2D eigenvalue weighted by atomic mass is 10.1. The molecule has 0 bridgehead atoms. The van der Waals surface area contributed by atoms with E-state index < -0.39 is 0 Å². The summed E-state index contributed by atoms with van der Waals surface area (Å²) < 4.78 is 5.39. The van der Waals surface area contributed by atoms with Gasteiger partial charge >= 0.3 is 0 Å². The van der Waals surface area contributed by atoms with Crippen molar-refractivity contribution in [2.75, 3.05) is 11.9 Å². The van der Waals surface area contributed by atoms with E-state index in [2.05, 4.69) is 22.4 Å². The molecule has 0 fully saturated rings. The number of hydrogen-bond acceptors (Lipinski definition) is 6. The van der Waals surface area contributed by atoms with Gasteiger partial charge in [-0.05, 0) is 25.5 Å². The van der Waals surface area contributed by atoms with Gasteiger partial charge in [0.15, 0.2) is 12.4 Å². The molecule has 0 atom stereocenters. The Labute approximate surface area is 138 Å². The van der Waals surface area contributed by atoms with Crippen molar-refractivity contribution in [3.63, 3.8) is 0 Å². The van der Waals surface area contributed by atoms with E-state index in [0.717, 1.165) is 24.3 Å². The van der Waals surface area contributed by atoms with Crippen molar-refractivity contribution < 1.29 is 14.3 Å². The van der Waals surface area contributed by atoms with E-state index in [-0.39, 0.29) is 18.3 Å². The van der Waals surface area contributed by atoms with Gasteiger partial charge in [0, 0.05) is 12.0 Å². The number of benzene rings is 1. The molecule has 0 spiro atoms. The first-order chi connectivity index (χ1) is 11.1. The fraction of sp³-hybridized carbons (Fsp3) is 0.375. The number of unbranched alkanes of at least 4 members (excludes halogenated alkanes) is 1. The Morgan fingerprint density at radius 2 is 2.13 bits per heavy atom. The number of hydrogen-bond donors (Lipinski definition) is 1. The quantitative estimate of drug-likeness (QED) is 0.751. The predicted molar refractivity (Wildman–Crippen MR) is 89.1 cm³/mol. The summed E-state index contributed by atoms with van der Waals surface area (Å²) in [6, 6.07) is 6.74. The molecule has 122 valence electrons. The fourth-order valence-corrected chi connectivity index (χ4v) is 2.64. The molecule has 0 saturated carbocycles. The van der Waals surface area contributed by atoms with Crippen LogP contribution in [0.2, 0.25) is 0 Å². The summed E-state index contributed by atoms with van der Waals surface area (Å²) in [5.41, 5.74) is 0.549. The van der Waals surface area contributed by atoms with Gasteiger partial charge < -0.3 is 4.74 Å². The van der Waals surface area contributed by atoms with Crippen LogP contribution in [0.15, 0.2) is 24.3 Å². The zero-order chi connectivity index (χ0) is 16.7. The number of aryl methyl sites for hydroxylation is 1. The number of anilines is 1.